The van der Waals surface area contributed by atoms with Crippen molar-refractivity contribution >= 4 is 11.8 Å². The van der Waals surface area contributed by atoms with E-state index in [0.29, 0.717) is 10.1 Å². The van der Waals surface area contributed by atoms with Gasteiger partial charge in [0.05, 0.1) is 25.2 Å². The molecule has 114 valence electrons. The van der Waals surface area contributed by atoms with Crippen molar-refractivity contribution in [3.63, 3.8) is 0 Å². The molecule has 8 nitrogen and oxygen atoms in total. The van der Waals surface area contributed by atoms with Crippen LogP contribution in [0.15, 0.2) is 0 Å². The van der Waals surface area contributed by atoms with Crippen LogP contribution in [0.2, 0.25) is 0 Å². The maximum absolute atomic E-state index is 11.3. The van der Waals surface area contributed by atoms with Gasteiger partial charge in [-0.15, -0.1) is 0 Å². The molecule has 2 rings (SSSR count). The van der Waals surface area contributed by atoms with E-state index in [-0.39, 0.29) is 24.9 Å². The number of carbonyl (C=O) groups is 2. The third kappa shape index (κ3) is 2.93. The van der Waals surface area contributed by atoms with Crippen molar-refractivity contribution in [2.45, 2.75) is 37.8 Å². The van der Waals surface area contributed by atoms with Crippen LogP contribution in [0, 0.1) is 11.8 Å². The first kappa shape index (κ1) is 15.2. The van der Waals surface area contributed by atoms with Crippen molar-refractivity contribution < 1.29 is 20.0 Å². The maximum atomic E-state index is 11.3. The normalized spacial score (nSPS) is 34.4. The largest absolute Gasteiger partial charge is 0.320 e. The molecule has 2 heterocycles. The van der Waals surface area contributed by atoms with E-state index in [0.717, 1.165) is 25.7 Å². The lowest BCUT2D eigenvalue weighted by molar-refractivity contribution is -0.158. The Kier molecular flexibility index (Phi) is 4.59. The van der Waals surface area contributed by atoms with Crippen LogP contribution in [-0.2, 0) is 9.59 Å². The van der Waals surface area contributed by atoms with Crippen LogP contribution < -0.4 is 11.5 Å². The molecule has 20 heavy (non-hydrogen) atoms. The molecule has 0 aromatic carbocycles. The third-order valence-corrected chi connectivity index (χ3v) is 4.31. The fourth-order valence-corrected chi connectivity index (χ4v) is 2.95. The number of hydroxylamine groups is 4. The predicted molar refractivity (Wildman–Crippen MR) is 68.4 cm³/mol. The number of unbranched alkanes of at least 4 members (excludes halogenated alkanes) is 1. The molecule has 2 amide bonds. The third-order valence-electron chi connectivity index (χ3n) is 4.31. The van der Waals surface area contributed by atoms with Crippen LogP contribution in [0.4, 0.5) is 0 Å². The second-order valence-electron chi connectivity index (χ2n) is 5.70. The van der Waals surface area contributed by atoms with E-state index in [9.17, 15) is 20.0 Å². The van der Waals surface area contributed by atoms with E-state index >= 15 is 0 Å². The highest BCUT2D eigenvalue weighted by atomic mass is 16.5. The molecular weight excluding hydrogens is 264 g/mol. The minimum Gasteiger partial charge on any atom is -0.320 e. The summed E-state index contributed by atoms with van der Waals surface area (Å²) in [7, 11) is 0. The first-order valence-electron chi connectivity index (χ1n) is 6.93. The Morgan fingerprint density at radius 3 is 1.50 bits per heavy atom. The summed E-state index contributed by atoms with van der Waals surface area (Å²) in [5.41, 5.74) is 11.4. The molecule has 0 bridgehead atoms. The summed E-state index contributed by atoms with van der Waals surface area (Å²) in [5.74, 6) is -0.898. The molecule has 2 saturated heterocycles. The molecule has 0 radical (unpaired) electrons. The predicted octanol–water partition coefficient (Wildman–Crippen LogP) is -1.10. The van der Waals surface area contributed by atoms with E-state index < -0.39 is 23.9 Å². The van der Waals surface area contributed by atoms with Gasteiger partial charge < -0.3 is 11.5 Å². The fourth-order valence-electron chi connectivity index (χ4n) is 2.95. The summed E-state index contributed by atoms with van der Waals surface area (Å²) in [6, 6.07) is -1.24. The van der Waals surface area contributed by atoms with Crippen LogP contribution in [0.3, 0.4) is 0 Å². The first-order chi connectivity index (χ1) is 9.41. The van der Waals surface area contributed by atoms with Crippen molar-refractivity contribution in [2.24, 2.45) is 23.3 Å². The molecule has 0 aromatic rings. The Morgan fingerprint density at radius 1 is 0.900 bits per heavy atom. The number of hydrogen-bond donors (Lipinski definition) is 4. The number of carbonyl (C=O) groups excluding carboxylic acids is 2. The van der Waals surface area contributed by atoms with Gasteiger partial charge in [0.1, 0.15) is 0 Å². The lowest BCUT2D eigenvalue weighted by Crippen LogP contribution is -2.35. The van der Waals surface area contributed by atoms with E-state index in [1.54, 1.807) is 0 Å². The lowest BCUT2D eigenvalue weighted by Gasteiger charge is -2.14. The SMILES string of the molecule is N[C@H]1C(=O)N(O)C[C@H]1CCCC[C@@H]1CN(O)C(=O)[C@@H]1N. The number of amides is 2. The van der Waals surface area contributed by atoms with Gasteiger partial charge in [-0.1, -0.05) is 12.8 Å². The van der Waals surface area contributed by atoms with Gasteiger partial charge in [0.2, 0.25) is 0 Å². The fraction of sp³-hybridized carbons (Fsp3) is 0.833. The summed E-state index contributed by atoms with van der Waals surface area (Å²) in [4.78, 5) is 22.7. The quantitative estimate of drug-likeness (QED) is 0.374. The molecule has 0 spiro atoms. The molecule has 4 atom stereocenters. The number of nitrogens with two attached hydrogens (primary N) is 2. The van der Waals surface area contributed by atoms with E-state index in [1.807, 2.05) is 0 Å². The summed E-state index contributed by atoms with van der Waals surface area (Å²) < 4.78 is 0. The van der Waals surface area contributed by atoms with Gasteiger partial charge in [-0.05, 0) is 12.8 Å². The smallest absolute Gasteiger partial charge is 0.263 e. The molecule has 2 aliphatic rings. The minimum absolute atomic E-state index is 0.0271. The highest BCUT2D eigenvalue weighted by Crippen LogP contribution is 2.24. The Hall–Kier alpha value is -1.22. The molecular formula is C12H22N4O4. The summed E-state index contributed by atoms with van der Waals surface area (Å²) in [6.45, 7) is 0.567. The van der Waals surface area contributed by atoms with E-state index in [1.165, 1.54) is 0 Å². The van der Waals surface area contributed by atoms with Crippen LogP contribution >= 0.6 is 0 Å². The van der Waals surface area contributed by atoms with Crippen LogP contribution in [0.1, 0.15) is 25.7 Å². The van der Waals surface area contributed by atoms with Gasteiger partial charge in [-0.3, -0.25) is 20.0 Å². The number of hydrogen-bond acceptors (Lipinski definition) is 6. The molecule has 0 aliphatic carbocycles. The monoisotopic (exact) mass is 286 g/mol. The zero-order valence-electron chi connectivity index (χ0n) is 11.3. The second kappa shape index (κ2) is 6.04. The van der Waals surface area contributed by atoms with Crippen molar-refractivity contribution in [1.82, 2.24) is 10.1 Å². The standard InChI is InChI=1S/C12H22N4O4/c13-9-7(5-15(19)11(9)17)3-1-2-4-8-6-16(20)12(18)10(8)14/h7-10,19-20H,1-6,13-14H2/t7-,8-,9-,10-/m1/s1. The zero-order chi connectivity index (χ0) is 14.9. The Balaban J connectivity index is 1.68. The average molecular weight is 286 g/mol. The lowest BCUT2D eigenvalue weighted by atomic mass is 9.93. The minimum atomic E-state index is -0.622. The molecule has 2 fully saturated rings. The average Bonchev–Trinajstić information content (AvgIpc) is 2.80. The summed E-state index contributed by atoms with van der Waals surface area (Å²) >= 11 is 0. The highest BCUT2D eigenvalue weighted by Gasteiger charge is 2.38. The van der Waals surface area contributed by atoms with Gasteiger partial charge in [0, 0.05) is 11.8 Å². The first-order valence-corrected chi connectivity index (χ1v) is 6.93. The van der Waals surface area contributed by atoms with Crippen LogP contribution in [0.5, 0.6) is 0 Å². The second-order valence-corrected chi connectivity index (χ2v) is 5.70. The van der Waals surface area contributed by atoms with Crippen molar-refractivity contribution in [3.05, 3.63) is 0 Å². The Morgan fingerprint density at radius 2 is 1.25 bits per heavy atom. The molecule has 0 aromatic heterocycles. The van der Waals surface area contributed by atoms with Gasteiger partial charge in [-0.25, -0.2) is 10.1 Å². The van der Waals surface area contributed by atoms with Gasteiger partial charge in [0.25, 0.3) is 11.8 Å². The topological polar surface area (TPSA) is 133 Å². The van der Waals surface area contributed by atoms with Gasteiger partial charge in [-0.2, -0.15) is 0 Å². The van der Waals surface area contributed by atoms with E-state index in [2.05, 4.69) is 0 Å². The highest BCUT2D eigenvalue weighted by molar-refractivity contribution is 5.83. The Labute approximate surface area is 117 Å². The maximum Gasteiger partial charge on any atom is 0.263 e. The summed E-state index contributed by atoms with van der Waals surface area (Å²) in [6.07, 6.45) is 3.20. The van der Waals surface area contributed by atoms with E-state index in [4.69, 9.17) is 11.5 Å². The summed E-state index contributed by atoms with van der Waals surface area (Å²) in [5, 5.41) is 19.9. The van der Waals surface area contributed by atoms with Crippen LogP contribution in [-0.4, -0.2) is 57.5 Å². The molecule has 8 heteroatoms. The van der Waals surface area contributed by atoms with Crippen molar-refractivity contribution in [1.29, 1.82) is 0 Å². The zero-order valence-corrected chi connectivity index (χ0v) is 11.3. The molecule has 6 N–H and O–H groups in total. The molecule has 2 aliphatic heterocycles. The molecule has 0 unspecified atom stereocenters. The Bertz CT molecular complexity index is 356. The van der Waals surface area contributed by atoms with Crippen molar-refractivity contribution in [3.8, 4) is 0 Å². The van der Waals surface area contributed by atoms with Gasteiger partial charge >= 0.3 is 0 Å². The van der Waals surface area contributed by atoms with Crippen molar-refractivity contribution in [2.75, 3.05) is 13.1 Å². The van der Waals surface area contributed by atoms with Crippen LogP contribution in [0.25, 0.3) is 0 Å². The van der Waals surface area contributed by atoms with Gasteiger partial charge in [0.15, 0.2) is 0 Å². The number of nitrogens with zero attached hydrogens (tertiary/aromatic N) is 2. The molecule has 0 saturated carbocycles. The number of rotatable bonds is 5.